The van der Waals surface area contributed by atoms with Crippen molar-refractivity contribution >= 4 is 17.2 Å². The lowest BCUT2D eigenvalue weighted by atomic mass is 10.1. The largest absolute Gasteiger partial charge is 0.336 e. The maximum atomic E-state index is 12.2. The highest BCUT2D eigenvalue weighted by atomic mass is 32.1. The number of carbonyl (C=O) groups is 1. The van der Waals surface area contributed by atoms with Crippen LogP contribution in [0.3, 0.4) is 0 Å². The van der Waals surface area contributed by atoms with Gasteiger partial charge in [0.15, 0.2) is 0 Å². The Morgan fingerprint density at radius 1 is 1.56 bits per heavy atom. The summed E-state index contributed by atoms with van der Waals surface area (Å²) in [5.74, 6) is 0.149. The molecule has 0 spiro atoms. The Hall–Kier alpha value is -0.870. The maximum absolute atomic E-state index is 12.2. The van der Waals surface area contributed by atoms with E-state index in [0.29, 0.717) is 6.54 Å². The number of hydrogen-bond donors (Lipinski definition) is 1. The molecular weight excluding hydrogens is 220 g/mol. The summed E-state index contributed by atoms with van der Waals surface area (Å²) >= 11 is 1.59. The highest BCUT2D eigenvalue weighted by Gasteiger charge is 2.23. The molecule has 1 amide bonds. The van der Waals surface area contributed by atoms with Crippen molar-refractivity contribution in [1.82, 2.24) is 4.90 Å². The summed E-state index contributed by atoms with van der Waals surface area (Å²) in [5, 5.41) is 0. The molecule has 0 aromatic carbocycles. The van der Waals surface area contributed by atoms with Crippen LogP contribution in [0.5, 0.6) is 0 Å². The summed E-state index contributed by atoms with van der Waals surface area (Å²) in [4.78, 5) is 16.2. The number of likely N-dealkylation sites (tertiary alicyclic amines) is 1. The Balaban J connectivity index is 2.12. The van der Waals surface area contributed by atoms with Gasteiger partial charge in [-0.25, -0.2) is 0 Å². The standard InChI is InChI=1S/C12H18N2OS/c1-8-6-11(16-9(8)2)12(15)14-5-3-4-10(13)7-14/h6,10H,3-5,7,13H2,1-2H3. The van der Waals surface area contributed by atoms with E-state index in [4.69, 9.17) is 5.73 Å². The molecule has 1 fully saturated rings. The maximum Gasteiger partial charge on any atom is 0.263 e. The average molecular weight is 238 g/mol. The zero-order valence-electron chi connectivity index (χ0n) is 9.82. The van der Waals surface area contributed by atoms with Crippen molar-refractivity contribution < 1.29 is 4.79 Å². The number of aryl methyl sites for hydroxylation is 2. The van der Waals surface area contributed by atoms with Gasteiger partial charge in [-0.2, -0.15) is 0 Å². The fraction of sp³-hybridized carbons (Fsp3) is 0.583. The van der Waals surface area contributed by atoms with Crippen LogP contribution in [-0.4, -0.2) is 29.9 Å². The van der Waals surface area contributed by atoms with Gasteiger partial charge in [0.25, 0.3) is 5.91 Å². The van der Waals surface area contributed by atoms with Crippen LogP contribution in [0.2, 0.25) is 0 Å². The Labute approximate surface area is 100 Å². The predicted octanol–water partition coefficient (Wildman–Crippen LogP) is 1.93. The Morgan fingerprint density at radius 3 is 2.88 bits per heavy atom. The lowest BCUT2D eigenvalue weighted by Gasteiger charge is -2.30. The highest BCUT2D eigenvalue weighted by molar-refractivity contribution is 7.14. The van der Waals surface area contributed by atoms with E-state index in [9.17, 15) is 4.79 Å². The number of nitrogens with zero attached hydrogens (tertiary/aromatic N) is 1. The molecule has 88 valence electrons. The first-order valence-electron chi connectivity index (χ1n) is 5.70. The van der Waals surface area contributed by atoms with Crippen LogP contribution in [0.25, 0.3) is 0 Å². The molecule has 1 aliphatic rings. The first-order chi connectivity index (χ1) is 7.58. The fourth-order valence-corrected chi connectivity index (χ4v) is 3.03. The minimum absolute atomic E-state index is 0.149. The van der Waals surface area contributed by atoms with Crippen molar-refractivity contribution in [3.63, 3.8) is 0 Å². The van der Waals surface area contributed by atoms with E-state index in [0.717, 1.165) is 24.3 Å². The molecule has 3 nitrogen and oxygen atoms in total. The average Bonchev–Trinajstić information content (AvgIpc) is 2.58. The van der Waals surface area contributed by atoms with Crippen LogP contribution < -0.4 is 5.73 Å². The molecule has 2 N–H and O–H groups in total. The lowest BCUT2D eigenvalue weighted by Crippen LogP contribution is -2.45. The quantitative estimate of drug-likeness (QED) is 0.812. The summed E-state index contributed by atoms with van der Waals surface area (Å²) in [7, 11) is 0. The van der Waals surface area contributed by atoms with Gasteiger partial charge < -0.3 is 10.6 Å². The summed E-state index contributed by atoms with van der Waals surface area (Å²) < 4.78 is 0. The van der Waals surface area contributed by atoms with E-state index >= 15 is 0 Å². The van der Waals surface area contributed by atoms with Gasteiger partial charge in [0, 0.05) is 24.0 Å². The highest BCUT2D eigenvalue weighted by Crippen LogP contribution is 2.23. The zero-order chi connectivity index (χ0) is 11.7. The van der Waals surface area contributed by atoms with Gasteiger partial charge in [0.1, 0.15) is 0 Å². The molecule has 2 heterocycles. The monoisotopic (exact) mass is 238 g/mol. The number of hydrogen-bond acceptors (Lipinski definition) is 3. The molecule has 1 unspecified atom stereocenters. The van der Waals surface area contributed by atoms with Crippen LogP contribution in [-0.2, 0) is 0 Å². The van der Waals surface area contributed by atoms with Crippen molar-refractivity contribution in [3.05, 3.63) is 21.4 Å². The Morgan fingerprint density at radius 2 is 2.31 bits per heavy atom. The van der Waals surface area contributed by atoms with Gasteiger partial charge in [0.2, 0.25) is 0 Å². The first-order valence-corrected chi connectivity index (χ1v) is 6.51. The fourth-order valence-electron chi connectivity index (χ4n) is 2.03. The summed E-state index contributed by atoms with van der Waals surface area (Å²) in [5.41, 5.74) is 7.09. The van der Waals surface area contributed by atoms with Crippen LogP contribution in [0, 0.1) is 13.8 Å². The smallest absolute Gasteiger partial charge is 0.263 e. The molecule has 2 rings (SSSR count). The molecule has 1 aliphatic heterocycles. The summed E-state index contributed by atoms with van der Waals surface area (Å²) in [6.07, 6.45) is 2.06. The van der Waals surface area contributed by atoms with E-state index in [2.05, 4.69) is 6.92 Å². The third-order valence-corrected chi connectivity index (χ3v) is 4.26. The third-order valence-electron chi connectivity index (χ3n) is 3.12. The number of rotatable bonds is 1. The number of carbonyl (C=O) groups excluding carboxylic acids is 1. The van der Waals surface area contributed by atoms with Crippen molar-refractivity contribution in [3.8, 4) is 0 Å². The van der Waals surface area contributed by atoms with Crippen LogP contribution in [0.15, 0.2) is 6.07 Å². The summed E-state index contributed by atoms with van der Waals surface area (Å²) in [6, 6.07) is 2.14. The van der Waals surface area contributed by atoms with Gasteiger partial charge in [-0.3, -0.25) is 4.79 Å². The lowest BCUT2D eigenvalue weighted by molar-refractivity contribution is 0.0713. The van der Waals surface area contributed by atoms with E-state index < -0.39 is 0 Å². The van der Waals surface area contributed by atoms with Crippen molar-refractivity contribution in [1.29, 1.82) is 0 Å². The van der Waals surface area contributed by atoms with Crippen LogP contribution >= 0.6 is 11.3 Å². The molecule has 1 atom stereocenters. The van der Waals surface area contributed by atoms with Crippen molar-refractivity contribution in [2.75, 3.05) is 13.1 Å². The van der Waals surface area contributed by atoms with E-state index in [-0.39, 0.29) is 11.9 Å². The number of thiophene rings is 1. The molecule has 0 aliphatic carbocycles. The topological polar surface area (TPSA) is 46.3 Å². The van der Waals surface area contributed by atoms with E-state index in [1.165, 1.54) is 10.4 Å². The van der Waals surface area contributed by atoms with E-state index in [1.54, 1.807) is 11.3 Å². The number of amides is 1. The van der Waals surface area contributed by atoms with Gasteiger partial charge in [-0.1, -0.05) is 0 Å². The van der Waals surface area contributed by atoms with E-state index in [1.807, 2.05) is 17.9 Å². The molecular formula is C12H18N2OS. The molecule has 1 aromatic heterocycles. The van der Waals surface area contributed by atoms with Crippen LogP contribution in [0.1, 0.15) is 33.0 Å². The molecule has 4 heteroatoms. The van der Waals surface area contributed by atoms with Crippen molar-refractivity contribution in [2.24, 2.45) is 5.73 Å². The normalized spacial score (nSPS) is 21.2. The number of piperidine rings is 1. The van der Waals surface area contributed by atoms with Gasteiger partial charge in [-0.15, -0.1) is 11.3 Å². The SMILES string of the molecule is Cc1cc(C(=O)N2CCCC(N)C2)sc1C. The Bertz CT molecular complexity index is 380. The molecule has 16 heavy (non-hydrogen) atoms. The van der Waals surface area contributed by atoms with Crippen molar-refractivity contribution in [2.45, 2.75) is 32.7 Å². The molecule has 0 bridgehead atoms. The Kier molecular flexibility index (Phi) is 3.30. The third kappa shape index (κ3) is 2.28. The zero-order valence-corrected chi connectivity index (χ0v) is 10.6. The number of nitrogens with two attached hydrogens (primary N) is 1. The molecule has 1 saturated heterocycles. The van der Waals surface area contributed by atoms with Gasteiger partial charge in [-0.05, 0) is 38.3 Å². The second-order valence-electron chi connectivity index (χ2n) is 4.50. The molecule has 0 radical (unpaired) electrons. The summed E-state index contributed by atoms with van der Waals surface area (Å²) in [6.45, 7) is 5.65. The van der Waals surface area contributed by atoms with Crippen LogP contribution in [0.4, 0.5) is 0 Å². The minimum atomic E-state index is 0.149. The predicted molar refractivity (Wildman–Crippen MR) is 66.9 cm³/mol. The minimum Gasteiger partial charge on any atom is -0.336 e. The molecule has 1 aromatic rings. The second-order valence-corrected chi connectivity index (χ2v) is 5.76. The van der Waals surface area contributed by atoms with Gasteiger partial charge >= 0.3 is 0 Å². The second kappa shape index (κ2) is 4.55. The molecule has 0 saturated carbocycles. The van der Waals surface area contributed by atoms with Gasteiger partial charge in [0.05, 0.1) is 4.88 Å². The first kappa shape index (κ1) is 11.6.